The van der Waals surface area contributed by atoms with Gasteiger partial charge in [-0.2, -0.15) is 0 Å². The fraction of sp³-hybridized carbons (Fsp3) is 0.929. The second kappa shape index (κ2) is 5.64. The number of piperidine rings is 1. The lowest BCUT2D eigenvalue weighted by atomic mass is 9.70. The zero-order valence-corrected chi connectivity index (χ0v) is 15.8. The summed E-state index contributed by atoms with van der Waals surface area (Å²) in [5, 5.41) is 3.65. The van der Waals surface area contributed by atoms with Gasteiger partial charge in [0.2, 0.25) is 0 Å². The highest BCUT2D eigenvalue weighted by Gasteiger charge is 2.45. The standard InChI is InChI=1S/C14H25Br2NO2/c1-12(2)7-9(8-13(3,4)17-12)14(5,6)19-11(18)10(15)16/h9-10,17H,7-8H2,1-6H3. The minimum absolute atomic E-state index is 0.0539. The molecule has 0 aromatic heterocycles. The van der Waals surface area contributed by atoms with Gasteiger partial charge in [0.05, 0.1) is 0 Å². The molecule has 0 aliphatic carbocycles. The van der Waals surface area contributed by atoms with Crippen molar-refractivity contribution in [2.45, 2.75) is 74.8 Å². The second-order valence-corrected chi connectivity index (χ2v) is 10.4. The molecular formula is C14H25Br2NO2. The monoisotopic (exact) mass is 397 g/mol. The third-order valence-electron chi connectivity index (χ3n) is 3.72. The lowest BCUT2D eigenvalue weighted by Gasteiger charge is -2.50. The number of nitrogens with one attached hydrogen (secondary N) is 1. The molecule has 0 aromatic carbocycles. The summed E-state index contributed by atoms with van der Waals surface area (Å²) in [6.07, 6.45) is 1.98. The van der Waals surface area contributed by atoms with E-state index in [0.29, 0.717) is 5.92 Å². The summed E-state index contributed by atoms with van der Waals surface area (Å²) in [7, 11) is 0. The van der Waals surface area contributed by atoms with Crippen LogP contribution in [0.3, 0.4) is 0 Å². The molecule has 112 valence electrons. The number of halogens is 2. The second-order valence-electron chi connectivity index (χ2n) is 7.32. The number of ether oxygens (including phenoxy) is 1. The minimum atomic E-state index is -0.465. The van der Waals surface area contributed by atoms with Crippen molar-refractivity contribution in [3.05, 3.63) is 0 Å². The van der Waals surface area contributed by atoms with Gasteiger partial charge < -0.3 is 10.1 Å². The van der Waals surface area contributed by atoms with Crippen LogP contribution in [0, 0.1) is 5.92 Å². The van der Waals surface area contributed by atoms with E-state index in [9.17, 15) is 4.79 Å². The van der Waals surface area contributed by atoms with Crippen LogP contribution >= 0.6 is 31.9 Å². The van der Waals surface area contributed by atoms with Crippen LogP contribution in [0.1, 0.15) is 54.4 Å². The molecule has 1 aliphatic rings. The molecule has 0 atom stereocenters. The smallest absolute Gasteiger partial charge is 0.331 e. The number of esters is 1. The Kier molecular flexibility index (Phi) is 5.18. The molecule has 1 aliphatic heterocycles. The van der Waals surface area contributed by atoms with Gasteiger partial charge in [-0.1, -0.05) is 31.9 Å². The Balaban J connectivity index is 2.85. The van der Waals surface area contributed by atoms with Crippen molar-refractivity contribution in [3.8, 4) is 0 Å². The fourth-order valence-electron chi connectivity index (χ4n) is 3.20. The number of carbonyl (C=O) groups is 1. The summed E-state index contributed by atoms with van der Waals surface area (Å²) < 4.78 is 5.22. The maximum absolute atomic E-state index is 11.8. The molecule has 5 heteroatoms. The summed E-state index contributed by atoms with van der Waals surface area (Å²) in [5.41, 5.74) is -0.357. The van der Waals surface area contributed by atoms with E-state index < -0.39 is 9.34 Å². The molecule has 19 heavy (non-hydrogen) atoms. The first-order valence-corrected chi connectivity index (χ1v) is 8.48. The highest BCUT2D eigenvalue weighted by Crippen LogP contribution is 2.40. The van der Waals surface area contributed by atoms with Crippen molar-refractivity contribution in [3.63, 3.8) is 0 Å². The van der Waals surface area contributed by atoms with Crippen LogP contribution < -0.4 is 5.32 Å². The molecule has 1 rings (SSSR count). The fourth-order valence-corrected chi connectivity index (χ4v) is 3.39. The van der Waals surface area contributed by atoms with Crippen molar-refractivity contribution in [1.29, 1.82) is 0 Å². The summed E-state index contributed by atoms with van der Waals surface area (Å²) in [5.74, 6) is 0.0700. The molecule has 0 aromatic rings. The molecule has 1 fully saturated rings. The predicted octanol–water partition coefficient (Wildman–Crippen LogP) is 3.98. The zero-order chi connectivity index (χ0) is 15.1. The van der Waals surface area contributed by atoms with Crippen molar-refractivity contribution < 1.29 is 9.53 Å². The van der Waals surface area contributed by atoms with Crippen molar-refractivity contribution >= 4 is 37.8 Å². The van der Waals surface area contributed by atoms with Gasteiger partial charge in [0.25, 0.3) is 0 Å². The van der Waals surface area contributed by atoms with E-state index in [1.807, 2.05) is 13.8 Å². The molecule has 3 nitrogen and oxygen atoms in total. The van der Waals surface area contributed by atoms with Gasteiger partial charge in [0.15, 0.2) is 3.74 Å². The van der Waals surface area contributed by atoms with E-state index in [2.05, 4.69) is 64.9 Å². The van der Waals surface area contributed by atoms with E-state index >= 15 is 0 Å². The summed E-state index contributed by atoms with van der Waals surface area (Å²) in [4.78, 5) is 11.8. The predicted molar refractivity (Wildman–Crippen MR) is 85.8 cm³/mol. The Morgan fingerprint density at radius 2 is 1.63 bits per heavy atom. The molecular weight excluding hydrogens is 374 g/mol. The molecule has 0 spiro atoms. The first kappa shape index (κ1) is 17.4. The topological polar surface area (TPSA) is 38.3 Å². The Morgan fingerprint density at radius 3 is 2.00 bits per heavy atom. The van der Waals surface area contributed by atoms with Gasteiger partial charge >= 0.3 is 5.97 Å². The van der Waals surface area contributed by atoms with Crippen LogP contribution in [0.4, 0.5) is 0 Å². The van der Waals surface area contributed by atoms with Gasteiger partial charge in [-0.05, 0) is 54.4 Å². The zero-order valence-electron chi connectivity index (χ0n) is 12.6. The third kappa shape index (κ3) is 5.01. The molecule has 1 saturated heterocycles. The highest BCUT2D eigenvalue weighted by atomic mass is 79.9. The number of rotatable bonds is 3. The van der Waals surface area contributed by atoms with Crippen molar-refractivity contribution in [2.75, 3.05) is 0 Å². The van der Waals surface area contributed by atoms with Gasteiger partial charge in [0, 0.05) is 17.0 Å². The molecule has 0 radical (unpaired) electrons. The Hall–Kier alpha value is 0.390. The van der Waals surface area contributed by atoms with Crippen LogP contribution in [0.15, 0.2) is 0 Å². The maximum Gasteiger partial charge on any atom is 0.331 e. The highest BCUT2D eigenvalue weighted by molar-refractivity contribution is 9.25. The van der Waals surface area contributed by atoms with Gasteiger partial charge in [-0.15, -0.1) is 0 Å². The average molecular weight is 399 g/mol. The molecule has 0 bridgehead atoms. The van der Waals surface area contributed by atoms with E-state index in [4.69, 9.17) is 4.74 Å². The van der Waals surface area contributed by atoms with E-state index in [0.717, 1.165) is 12.8 Å². The van der Waals surface area contributed by atoms with E-state index in [1.165, 1.54) is 0 Å². The van der Waals surface area contributed by atoms with Gasteiger partial charge in [-0.3, -0.25) is 0 Å². The Bertz CT molecular complexity index is 335. The van der Waals surface area contributed by atoms with E-state index in [-0.39, 0.29) is 17.0 Å². The molecule has 1 heterocycles. The van der Waals surface area contributed by atoms with Crippen LogP contribution in [0.25, 0.3) is 0 Å². The van der Waals surface area contributed by atoms with Crippen LogP contribution in [-0.4, -0.2) is 26.4 Å². The summed E-state index contributed by atoms with van der Waals surface area (Å²) in [6.45, 7) is 12.8. The first-order chi connectivity index (χ1) is 8.35. The number of hydrogen-bond acceptors (Lipinski definition) is 3. The van der Waals surface area contributed by atoms with E-state index in [1.54, 1.807) is 0 Å². The SMILES string of the molecule is CC1(C)CC(C(C)(C)OC(=O)C(Br)Br)CC(C)(C)N1. The van der Waals surface area contributed by atoms with Gasteiger partial charge in [0.1, 0.15) is 5.60 Å². The summed E-state index contributed by atoms with van der Waals surface area (Å²) >= 11 is 6.38. The number of alkyl halides is 2. The maximum atomic E-state index is 11.8. The number of carbonyl (C=O) groups excluding carboxylic acids is 1. The minimum Gasteiger partial charge on any atom is -0.458 e. The lowest BCUT2D eigenvalue weighted by molar-refractivity contribution is -0.162. The molecule has 0 unspecified atom stereocenters. The number of hydrogen-bond donors (Lipinski definition) is 1. The molecule has 1 N–H and O–H groups in total. The molecule has 0 saturated carbocycles. The average Bonchev–Trinajstić information content (AvgIpc) is 2.11. The normalized spacial score (nSPS) is 23.4. The van der Waals surface area contributed by atoms with Crippen LogP contribution in [0.5, 0.6) is 0 Å². The first-order valence-electron chi connectivity index (χ1n) is 6.65. The largest absolute Gasteiger partial charge is 0.458 e. The molecule has 0 amide bonds. The lowest BCUT2D eigenvalue weighted by Crippen LogP contribution is -2.61. The van der Waals surface area contributed by atoms with Crippen LogP contribution in [-0.2, 0) is 9.53 Å². The van der Waals surface area contributed by atoms with Crippen LogP contribution in [0.2, 0.25) is 0 Å². The van der Waals surface area contributed by atoms with Crippen molar-refractivity contribution in [1.82, 2.24) is 5.32 Å². The third-order valence-corrected chi connectivity index (χ3v) is 4.46. The Labute approximate surface area is 133 Å². The van der Waals surface area contributed by atoms with Crippen molar-refractivity contribution in [2.24, 2.45) is 5.92 Å². The summed E-state index contributed by atoms with van der Waals surface area (Å²) in [6, 6.07) is 0. The Morgan fingerprint density at radius 1 is 1.21 bits per heavy atom. The van der Waals surface area contributed by atoms with Gasteiger partial charge in [-0.25, -0.2) is 4.79 Å². The quantitative estimate of drug-likeness (QED) is 0.577.